The van der Waals surface area contributed by atoms with E-state index in [0.717, 1.165) is 19.4 Å². The van der Waals surface area contributed by atoms with Gasteiger partial charge in [0.1, 0.15) is 4.21 Å². The third kappa shape index (κ3) is 2.16. The van der Waals surface area contributed by atoms with Crippen molar-refractivity contribution in [1.29, 1.82) is 0 Å². The van der Waals surface area contributed by atoms with Crippen molar-refractivity contribution >= 4 is 37.3 Å². The summed E-state index contributed by atoms with van der Waals surface area (Å²) in [6.45, 7) is 2.30. The molecule has 0 saturated carbocycles. The van der Waals surface area contributed by atoms with E-state index < -0.39 is 10.0 Å². The van der Waals surface area contributed by atoms with Crippen LogP contribution in [0.25, 0.3) is 0 Å². The molecule has 1 N–H and O–H groups in total. The van der Waals surface area contributed by atoms with Crippen LogP contribution in [0, 0.1) is 5.92 Å². The second-order valence-electron chi connectivity index (χ2n) is 4.82. The summed E-state index contributed by atoms with van der Waals surface area (Å²) >= 11 is 4.60. The molecule has 2 saturated heterocycles. The van der Waals surface area contributed by atoms with Gasteiger partial charge in [-0.3, -0.25) is 0 Å². The third-order valence-corrected chi connectivity index (χ3v) is 8.29. The minimum atomic E-state index is -3.31. The van der Waals surface area contributed by atoms with E-state index in [1.165, 1.54) is 11.3 Å². The van der Waals surface area contributed by atoms with E-state index in [-0.39, 0.29) is 0 Å². The molecule has 2 unspecified atom stereocenters. The van der Waals surface area contributed by atoms with Gasteiger partial charge in [0.25, 0.3) is 10.0 Å². The Hall–Kier alpha value is 0.0500. The van der Waals surface area contributed by atoms with E-state index in [2.05, 4.69) is 21.2 Å². The van der Waals surface area contributed by atoms with E-state index in [4.69, 9.17) is 0 Å². The molecule has 0 amide bonds. The minimum Gasteiger partial charge on any atom is -0.314 e. The van der Waals surface area contributed by atoms with Gasteiger partial charge in [-0.05, 0) is 52.7 Å². The summed E-state index contributed by atoms with van der Waals surface area (Å²) in [5.74, 6) is 0.479. The van der Waals surface area contributed by atoms with Crippen LogP contribution in [0.4, 0.5) is 0 Å². The van der Waals surface area contributed by atoms with Crippen LogP contribution in [-0.4, -0.2) is 38.4 Å². The van der Waals surface area contributed by atoms with Gasteiger partial charge in [-0.1, -0.05) is 0 Å². The Morgan fingerprint density at radius 1 is 1.44 bits per heavy atom. The molecule has 2 atom stereocenters. The number of fused-ring (bicyclic) bond motifs is 1. The molecule has 2 aliphatic rings. The molecular weight excluding hydrogens is 336 g/mol. The Morgan fingerprint density at radius 3 is 3.00 bits per heavy atom. The Labute approximate surface area is 120 Å². The lowest BCUT2D eigenvalue weighted by molar-refractivity contribution is 0.247. The summed E-state index contributed by atoms with van der Waals surface area (Å²) in [5.41, 5.74) is 0. The average molecular weight is 351 g/mol. The number of nitrogens with one attached hydrogen (secondary N) is 1. The monoisotopic (exact) mass is 350 g/mol. The van der Waals surface area contributed by atoms with Crippen LogP contribution in [0.1, 0.15) is 12.8 Å². The van der Waals surface area contributed by atoms with Crippen molar-refractivity contribution in [2.45, 2.75) is 23.1 Å². The SMILES string of the molecule is O=S(=O)(c1sccc1Br)N1CCC2NCCC2C1. The maximum atomic E-state index is 12.5. The molecule has 18 heavy (non-hydrogen) atoms. The standard InChI is InChI=1S/C11H15BrN2O2S2/c12-9-3-6-17-11(9)18(15,16)14-5-2-10-8(7-14)1-4-13-10/h3,6,8,10,13H,1-2,4-5,7H2. The highest BCUT2D eigenvalue weighted by molar-refractivity contribution is 9.10. The molecule has 7 heteroatoms. The number of thiophene rings is 1. The van der Waals surface area contributed by atoms with Crippen molar-refractivity contribution < 1.29 is 8.42 Å². The van der Waals surface area contributed by atoms with Gasteiger partial charge in [-0.2, -0.15) is 4.31 Å². The van der Waals surface area contributed by atoms with Gasteiger partial charge in [-0.15, -0.1) is 11.3 Å². The smallest absolute Gasteiger partial charge is 0.253 e. The fourth-order valence-corrected chi connectivity index (χ4v) is 6.77. The van der Waals surface area contributed by atoms with E-state index in [1.807, 2.05) is 0 Å². The molecular formula is C11H15BrN2O2S2. The molecule has 0 aliphatic carbocycles. The highest BCUT2D eigenvalue weighted by Crippen LogP contribution is 2.33. The predicted molar refractivity (Wildman–Crippen MR) is 75.3 cm³/mol. The number of halogens is 1. The van der Waals surface area contributed by atoms with E-state index >= 15 is 0 Å². The van der Waals surface area contributed by atoms with Crippen molar-refractivity contribution in [2.24, 2.45) is 5.92 Å². The molecule has 2 fully saturated rings. The average Bonchev–Trinajstić information content (AvgIpc) is 2.95. The Bertz CT molecular complexity index is 543. The number of hydrogen-bond acceptors (Lipinski definition) is 4. The summed E-state index contributed by atoms with van der Waals surface area (Å²) in [7, 11) is -3.31. The molecule has 4 nitrogen and oxygen atoms in total. The molecule has 0 aromatic carbocycles. The summed E-state index contributed by atoms with van der Waals surface area (Å²) < 4.78 is 27.9. The predicted octanol–water partition coefficient (Wildman–Crippen LogP) is 1.88. The van der Waals surface area contributed by atoms with E-state index in [0.29, 0.717) is 33.7 Å². The molecule has 0 radical (unpaired) electrons. The Balaban J connectivity index is 1.85. The van der Waals surface area contributed by atoms with Crippen LogP contribution >= 0.6 is 27.3 Å². The molecule has 0 bridgehead atoms. The molecule has 3 heterocycles. The first-order chi connectivity index (χ1) is 8.59. The van der Waals surface area contributed by atoms with Gasteiger partial charge in [0.15, 0.2) is 0 Å². The van der Waals surface area contributed by atoms with E-state index in [9.17, 15) is 8.42 Å². The van der Waals surface area contributed by atoms with Crippen molar-refractivity contribution in [2.75, 3.05) is 19.6 Å². The normalized spacial score (nSPS) is 29.4. The second-order valence-corrected chi connectivity index (χ2v) is 8.72. The fourth-order valence-electron chi connectivity index (χ4n) is 2.81. The zero-order chi connectivity index (χ0) is 12.8. The number of nitrogens with zero attached hydrogens (tertiary/aromatic N) is 1. The van der Waals surface area contributed by atoms with Crippen LogP contribution in [0.15, 0.2) is 20.1 Å². The van der Waals surface area contributed by atoms with Crippen molar-refractivity contribution in [1.82, 2.24) is 9.62 Å². The number of rotatable bonds is 2. The molecule has 3 rings (SSSR count). The highest BCUT2D eigenvalue weighted by atomic mass is 79.9. The lowest BCUT2D eigenvalue weighted by atomic mass is 9.95. The van der Waals surface area contributed by atoms with Gasteiger partial charge in [-0.25, -0.2) is 8.42 Å². The van der Waals surface area contributed by atoms with Crippen LogP contribution in [0.2, 0.25) is 0 Å². The minimum absolute atomic E-state index is 0.437. The van der Waals surface area contributed by atoms with Gasteiger partial charge >= 0.3 is 0 Å². The highest BCUT2D eigenvalue weighted by Gasteiger charge is 2.38. The molecule has 1 aromatic rings. The van der Waals surface area contributed by atoms with Gasteiger partial charge in [0.2, 0.25) is 0 Å². The maximum Gasteiger partial charge on any atom is 0.253 e. The van der Waals surface area contributed by atoms with Crippen LogP contribution in [-0.2, 0) is 10.0 Å². The fraction of sp³-hybridized carbons (Fsp3) is 0.636. The first-order valence-corrected chi connectivity index (χ1v) is 9.17. The maximum absolute atomic E-state index is 12.5. The first-order valence-electron chi connectivity index (χ1n) is 6.05. The third-order valence-electron chi connectivity index (χ3n) is 3.78. The van der Waals surface area contributed by atoms with E-state index in [1.54, 1.807) is 15.8 Å². The van der Waals surface area contributed by atoms with Crippen molar-refractivity contribution in [3.8, 4) is 0 Å². The largest absolute Gasteiger partial charge is 0.314 e. The molecule has 1 aromatic heterocycles. The lowest BCUT2D eigenvalue weighted by Crippen LogP contribution is -2.46. The van der Waals surface area contributed by atoms with Crippen molar-refractivity contribution in [3.63, 3.8) is 0 Å². The quantitative estimate of drug-likeness (QED) is 0.885. The summed E-state index contributed by atoms with van der Waals surface area (Å²) in [4.78, 5) is 0. The lowest BCUT2D eigenvalue weighted by Gasteiger charge is -2.33. The van der Waals surface area contributed by atoms with Crippen LogP contribution in [0.3, 0.4) is 0 Å². The number of sulfonamides is 1. The van der Waals surface area contributed by atoms with Crippen LogP contribution in [0.5, 0.6) is 0 Å². The van der Waals surface area contributed by atoms with Gasteiger partial charge < -0.3 is 5.32 Å². The van der Waals surface area contributed by atoms with Gasteiger partial charge in [0.05, 0.1) is 0 Å². The topological polar surface area (TPSA) is 49.4 Å². The second kappa shape index (κ2) is 4.86. The molecule has 0 spiro atoms. The molecule has 100 valence electrons. The number of piperidine rings is 1. The van der Waals surface area contributed by atoms with Crippen LogP contribution < -0.4 is 5.32 Å². The summed E-state index contributed by atoms with van der Waals surface area (Å²) in [6, 6.07) is 2.31. The van der Waals surface area contributed by atoms with Gasteiger partial charge in [0, 0.05) is 23.6 Å². The van der Waals surface area contributed by atoms with Crippen molar-refractivity contribution in [3.05, 3.63) is 15.9 Å². The Kier molecular flexibility index (Phi) is 3.53. The zero-order valence-electron chi connectivity index (χ0n) is 9.80. The summed E-state index contributed by atoms with van der Waals surface area (Å²) in [6.07, 6.45) is 2.01. The Morgan fingerprint density at radius 2 is 2.28 bits per heavy atom. The zero-order valence-corrected chi connectivity index (χ0v) is 13.0. The number of hydrogen-bond donors (Lipinski definition) is 1. The molecule has 2 aliphatic heterocycles. The summed E-state index contributed by atoms with van der Waals surface area (Å²) in [5, 5.41) is 5.25. The first kappa shape index (κ1) is 13.1.